The van der Waals surface area contributed by atoms with Crippen LogP contribution in [0.4, 0.5) is 0 Å². The molecule has 0 saturated carbocycles. The van der Waals surface area contributed by atoms with Gasteiger partial charge in [0.15, 0.2) is 5.72 Å². The normalized spacial score (nSPS) is 27.9. The van der Waals surface area contributed by atoms with Crippen molar-refractivity contribution in [2.45, 2.75) is 68.3 Å². The number of benzene rings is 2. The minimum absolute atomic E-state index is 0.213. The number of piperidine rings is 1. The van der Waals surface area contributed by atoms with Crippen molar-refractivity contribution in [3.8, 4) is 5.75 Å². The van der Waals surface area contributed by atoms with E-state index in [4.69, 9.17) is 10.5 Å². The van der Waals surface area contributed by atoms with Crippen LogP contribution in [0.3, 0.4) is 0 Å². The monoisotopic (exact) mass is 470 g/mol. The third-order valence-electron chi connectivity index (χ3n) is 6.97. The summed E-state index contributed by atoms with van der Waals surface area (Å²) in [6.07, 6.45) is 4.47. The Bertz CT molecular complexity index is 1100. The Balaban J connectivity index is 1.43. The highest BCUT2D eigenvalue weighted by atomic mass is 32.2. The largest absolute Gasteiger partial charge is 0.472 e. The smallest absolute Gasteiger partial charge is 0.243 e. The Hall–Kier alpha value is -1.97. The first-order valence-electron chi connectivity index (χ1n) is 12.0. The zero-order valence-electron chi connectivity index (χ0n) is 19.2. The van der Waals surface area contributed by atoms with Crippen LogP contribution in [0.15, 0.2) is 47.4 Å². The third kappa shape index (κ3) is 4.68. The van der Waals surface area contributed by atoms with Crippen LogP contribution >= 0.6 is 0 Å². The summed E-state index contributed by atoms with van der Waals surface area (Å²) >= 11 is 0. The van der Waals surface area contributed by atoms with Crippen LogP contribution in [0.1, 0.15) is 55.3 Å². The number of nitrogens with one attached hydrogen (secondary N) is 2. The Morgan fingerprint density at radius 3 is 2.70 bits per heavy atom. The zero-order valence-corrected chi connectivity index (χ0v) is 20.0. The van der Waals surface area contributed by atoms with Crippen molar-refractivity contribution in [2.75, 3.05) is 19.6 Å². The maximum atomic E-state index is 13.3. The molecule has 2 saturated heterocycles. The van der Waals surface area contributed by atoms with E-state index >= 15 is 0 Å². The summed E-state index contributed by atoms with van der Waals surface area (Å²) in [4.78, 5) is 0.350. The van der Waals surface area contributed by atoms with E-state index < -0.39 is 15.7 Å². The van der Waals surface area contributed by atoms with Crippen molar-refractivity contribution in [1.29, 1.82) is 0 Å². The van der Waals surface area contributed by atoms with Crippen molar-refractivity contribution in [1.82, 2.24) is 14.9 Å². The molecule has 3 atom stereocenters. The topological polar surface area (TPSA) is 96.7 Å². The summed E-state index contributed by atoms with van der Waals surface area (Å²) in [5.41, 5.74) is 8.47. The van der Waals surface area contributed by atoms with E-state index in [1.807, 2.05) is 13.0 Å². The van der Waals surface area contributed by atoms with E-state index in [0.717, 1.165) is 49.1 Å². The van der Waals surface area contributed by atoms with Crippen molar-refractivity contribution >= 4 is 10.0 Å². The van der Waals surface area contributed by atoms with Gasteiger partial charge in [0.25, 0.3) is 0 Å². The molecule has 7 nitrogen and oxygen atoms in total. The molecular weight excluding hydrogens is 436 g/mol. The van der Waals surface area contributed by atoms with Gasteiger partial charge in [-0.15, -0.1) is 0 Å². The molecule has 0 amide bonds. The Labute approximate surface area is 196 Å². The molecular formula is C25H34N4O3S. The molecule has 1 unspecified atom stereocenters. The fraction of sp³-hybridized carbons (Fsp3) is 0.520. The SMILES string of the molecule is CC1(N)Cc2cc(S(=O)(=O)N3CCCC3)cc(CN[C@H]3CCCN[C@H]3c3ccccc3)c2O1. The van der Waals surface area contributed by atoms with Gasteiger partial charge in [-0.2, -0.15) is 4.31 Å². The molecule has 0 spiro atoms. The molecule has 3 aliphatic rings. The lowest BCUT2D eigenvalue weighted by Crippen LogP contribution is -2.45. The quantitative estimate of drug-likeness (QED) is 0.601. The molecule has 8 heteroatoms. The molecule has 2 fully saturated rings. The average molecular weight is 471 g/mol. The van der Waals surface area contributed by atoms with Gasteiger partial charge in [0, 0.05) is 49.3 Å². The lowest BCUT2D eigenvalue weighted by molar-refractivity contribution is 0.123. The highest BCUT2D eigenvalue weighted by molar-refractivity contribution is 7.89. The van der Waals surface area contributed by atoms with Crippen LogP contribution in [-0.4, -0.2) is 44.1 Å². The number of nitrogens with zero attached hydrogens (tertiary/aromatic N) is 1. The summed E-state index contributed by atoms with van der Waals surface area (Å²) in [5.74, 6) is 0.730. The first-order valence-corrected chi connectivity index (χ1v) is 13.4. The zero-order chi connectivity index (χ0) is 23.1. The number of ether oxygens (including phenoxy) is 1. The van der Waals surface area contributed by atoms with Gasteiger partial charge in [0.2, 0.25) is 10.0 Å². The first kappa shape index (κ1) is 22.8. The second-order valence-electron chi connectivity index (χ2n) is 9.75. The van der Waals surface area contributed by atoms with Gasteiger partial charge in [0.05, 0.1) is 4.90 Å². The first-order chi connectivity index (χ1) is 15.8. The van der Waals surface area contributed by atoms with Crippen molar-refractivity contribution in [2.24, 2.45) is 5.73 Å². The summed E-state index contributed by atoms with van der Waals surface area (Å²) in [6.45, 7) is 4.54. The fourth-order valence-corrected chi connectivity index (χ4v) is 6.97. The molecule has 2 aromatic carbocycles. The van der Waals surface area contributed by atoms with Gasteiger partial charge in [-0.05, 0) is 56.8 Å². The molecule has 0 bridgehead atoms. The van der Waals surface area contributed by atoms with Crippen LogP contribution in [0.25, 0.3) is 0 Å². The van der Waals surface area contributed by atoms with Crippen LogP contribution < -0.4 is 21.1 Å². The van der Waals surface area contributed by atoms with Gasteiger partial charge < -0.3 is 15.4 Å². The van der Waals surface area contributed by atoms with E-state index in [9.17, 15) is 8.42 Å². The van der Waals surface area contributed by atoms with E-state index in [1.165, 1.54) is 5.56 Å². The predicted molar refractivity (Wildman–Crippen MR) is 128 cm³/mol. The van der Waals surface area contributed by atoms with Crippen LogP contribution in [0.5, 0.6) is 5.75 Å². The molecule has 33 heavy (non-hydrogen) atoms. The minimum Gasteiger partial charge on any atom is -0.472 e. The standard InChI is InChI=1S/C25H34N4O3S/c1-25(26)16-19-14-21(33(30,31)29-12-5-6-13-29)15-20(24(19)32-25)17-28-22-10-7-11-27-23(22)18-8-3-2-4-9-18/h2-4,8-9,14-15,22-23,27-28H,5-7,10-13,16-17,26H2,1H3/t22-,23-,25?/m0/s1. The van der Waals surface area contributed by atoms with Gasteiger partial charge in [-0.25, -0.2) is 8.42 Å². The maximum absolute atomic E-state index is 13.3. The number of nitrogens with two attached hydrogens (primary N) is 1. The molecule has 0 aromatic heterocycles. The summed E-state index contributed by atoms with van der Waals surface area (Å²) in [6, 6.07) is 14.5. The average Bonchev–Trinajstić information content (AvgIpc) is 3.45. The third-order valence-corrected chi connectivity index (χ3v) is 8.84. The van der Waals surface area contributed by atoms with Crippen molar-refractivity contribution < 1.29 is 13.2 Å². The van der Waals surface area contributed by atoms with E-state index in [0.29, 0.717) is 31.0 Å². The van der Waals surface area contributed by atoms with Crippen LogP contribution in [0.2, 0.25) is 0 Å². The van der Waals surface area contributed by atoms with Gasteiger partial charge >= 0.3 is 0 Å². The second-order valence-corrected chi connectivity index (χ2v) is 11.7. The van der Waals surface area contributed by atoms with E-state index in [-0.39, 0.29) is 12.1 Å². The number of hydrogen-bond acceptors (Lipinski definition) is 6. The van der Waals surface area contributed by atoms with Crippen molar-refractivity contribution in [3.63, 3.8) is 0 Å². The minimum atomic E-state index is -3.52. The highest BCUT2D eigenvalue weighted by Crippen LogP contribution is 2.39. The summed E-state index contributed by atoms with van der Waals surface area (Å²) in [7, 11) is -3.52. The maximum Gasteiger partial charge on any atom is 0.243 e. The molecule has 4 N–H and O–H groups in total. The van der Waals surface area contributed by atoms with E-state index in [2.05, 4.69) is 34.9 Å². The Morgan fingerprint density at radius 2 is 1.94 bits per heavy atom. The molecule has 0 aliphatic carbocycles. The number of hydrogen-bond donors (Lipinski definition) is 3. The highest BCUT2D eigenvalue weighted by Gasteiger charge is 2.36. The predicted octanol–water partition coefficient (Wildman–Crippen LogP) is 2.66. The lowest BCUT2D eigenvalue weighted by Gasteiger charge is -2.34. The molecule has 3 heterocycles. The molecule has 0 radical (unpaired) electrons. The number of sulfonamides is 1. The second kappa shape index (κ2) is 9.00. The lowest BCUT2D eigenvalue weighted by atomic mass is 9.92. The van der Waals surface area contributed by atoms with Crippen LogP contribution in [0, 0.1) is 0 Å². The molecule has 5 rings (SSSR count). The van der Waals surface area contributed by atoms with Crippen LogP contribution in [-0.2, 0) is 23.0 Å². The summed E-state index contributed by atoms with van der Waals surface area (Å²) < 4.78 is 34.3. The van der Waals surface area contributed by atoms with Gasteiger partial charge in [0.1, 0.15) is 5.75 Å². The Kier molecular flexibility index (Phi) is 6.22. The molecule has 3 aliphatic heterocycles. The fourth-order valence-electron chi connectivity index (χ4n) is 5.35. The van der Waals surface area contributed by atoms with Gasteiger partial charge in [-0.3, -0.25) is 5.73 Å². The van der Waals surface area contributed by atoms with Crippen molar-refractivity contribution in [3.05, 3.63) is 59.2 Å². The van der Waals surface area contributed by atoms with E-state index in [1.54, 1.807) is 16.4 Å². The summed E-state index contributed by atoms with van der Waals surface area (Å²) in [5, 5.41) is 7.34. The molecule has 2 aromatic rings. The number of fused-ring (bicyclic) bond motifs is 1. The van der Waals surface area contributed by atoms with Gasteiger partial charge in [-0.1, -0.05) is 30.3 Å². The molecule has 178 valence electrons. The Morgan fingerprint density at radius 1 is 1.18 bits per heavy atom. The number of rotatable bonds is 6.